The third-order valence-corrected chi connectivity index (χ3v) is 5.35. The predicted molar refractivity (Wildman–Crippen MR) is 124 cm³/mol. The van der Waals surface area contributed by atoms with Crippen LogP contribution < -0.4 is 15.5 Å². The second-order valence-electron chi connectivity index (χ2n) is 7.84. The van der Waals surface area contributed by atoms with E-state index >= 15 is 0 Å². The number of hydrogen-bond acceptors (Lipinski definition) is 2. The average molecular weight is 389 g/mol. The van der Waals surface area contributed by atoms with Crippen molar-refractivity contribution in [3.05, 3.63) is 71.0 Å². The molecule has 0 bridgehead atoms. The zero-order valence-electron chi connectivity index (χ0n) is 18.3. The Balaban J connectivity index is 1.74. The molecule has 0 saturated heterocycles. The molecule has 0 spiro atoms. The highest BCUT2D eigenvalue weighted by atomic mass is 15.2. The first kappa shape index (κ1) is 20.7. The van der Waals surface area contributed by atoms with Crippen LogP contribution in [0.1, 0.15) is 25.3 Å². The molecule has 0 amide bonds. The van der Waals surface area contributed by atoms with Crippen LogP contribution >= 0.6 is 0 Å². The zero-order chi connectivity index (χ0) is 21.0. The SMILES string of the molecule is C=C(/C=c1\c(=C/C)cc(-c2cnn(C)c2)n1C)CCCc1cccc(N(C)C)c1. The molecule has 2 heterocycles. The van der Waals surface area contributed by atoms with Gasteiger partial charge in [-0.3, -0.25) is 4.68 Å². The summed E-state index contributed by atoms with van der Waals surface area (Å²) < 4.78 is 4.07. The standard InChI is InChI=1S/C25H32N4/c1-7-21-16-25(22-17-26-28(5)18-22)29(6)24(21)14-19(2)10-8-11-20-12-9-13-23(15-20)27(3)4/h7,9,12-18H,2,8,10-11H2,1,3-6H3/b21-7-,24-14+. The lowest BCUT2D eigenvalue weighted by Gasteiger charge is -2.13. The monoisotopic (exact) mass is 388 g/mol. The summed E-state index contributed by atoms with van der Waals surface area (Å²) in [6.45, 7) is 6.41. The normalized spacial score (nSPS) is 12.6. The number of nitrogens with zero attached hydrogens (tertiary/aromatic N) is 4. The Morgan fingerprint density at radius 1 is 1.21 bits per heavy atom. The maximum atomic E-state index is 4.32. The molecule has 152 valence electrons. The lowest BCUT2D eigenvalue weighted by atomic mass is 10.0. The third-order valence-electron chi connectivity index (χ3n) is 5.35. The van der Waals surface area contributed by atoms with Crippen LogP contribution in [0.4, 0.5) is 5.69 Å². The summed E-state index contributed by atoms with van der Waals surface area (Å²) in [5.74, 6) is 0. The number of rotatable bonds is 7. The molecule has 0 saturated carbocycles. The van der Waals surface area contributed by atoms with Crippen LogP contribution in [-0.2, 0) is 20.5 Å². The van der Waals surface area contributed by atoms with Crippen LogP contribution in [0.15, 0.2) is 54.9 Å². The van der Waals surface area contributed by atoms with E-state index in [1.165, 1.54) is 27.5 Å². The second-order valence-corrected chi connectivity index (χ2v) is 7.84. The molecule has 2 aromatic heterocycles. The van der Waals surface area contributed by atoms with Crippen molar-refractivity contribution < 1.29 is 0 Å². The van der Waals surface area contributed by atoms with Crippen molar-refractivity contribution in [2.75, 3.05) is 19.0 Å². The third kappa shape index (κ3) is 4.89. The number of aromatic nitrogens is 3. The van der Waals surface area contributed by atoms with Gasteiger partial charge in [0.15, 0.2) is 0 Å². The minimum absolute atomic E-state index is 0.989. The quantitative estimate of drug-likeness (QED) is 0.617. The Kier molecular flexibility index (Phi) is 6.42. The van der Waals surface area contributed by atoms with E-state index in [2.05, 4.69) is 97.9 Å². The largest absolute Gasteiger partial charge is 0.378 e. The van der Waals surface area contributed by atoms with Gasteiger partial charge in [-0.15, -0.1) is 0 Å². The van der Waals surface area contributed by atoms with Crippen molar-refractivity contribution in [3.8, 4) is 11.3 Å². The van der Waals surface area contributed by atoms with E-state index in [1.54, 1.807) is 0 Å². The van der Waals surface area contributed by atoms with Gasteiger partial charge in [0.2, 0.25) is 0 Å². The first-order valence-corrected chi connectivity index (χ1v) is 10.2. The summed E-state index contributed by atoms with van der Waals surface area (Å²) in [5.41, 5.74) is 6.10. The van der Waals surface area contributed by atoms with Gasteiger partial charge < -0.3 is 9.47 Å². The van der Waals surface area contributed by atoms with Gasteiger partial charge in [0, 0.05) is 51.0 Å². The van der Waals surface area contributed by atoms with Crippen molar-refractivity contribution in [2.24, 2.45) is 14.1 Å². The molecule has 1 aromatic carbocycles. The molecule has 0 aliphatic heterocycles. The maximum absolute atomic E-state index is 4.32. The molecule has 0 radical (unpaired) electrons. The smallest absolute Gasteiger partial charge is 0.0583 e. The second kappa shape index (κ2) is 8.99. The fourth-order valence-electron chi connectivity index (χ4n) is 3.66. The summed E-state index contributed by atoms with van der Waals surface area (Å²) in [4.78, 5) is 2.15. The minimum Gasteiger partial charge on any atom is -0.378 e. The average Bonchev–Trinajstić information content (AvgIpc) is 3.25. The Morgan fingerprint density at radius 2 is 2.00 bits per heavy atom. The molecule has 29 heavy (non-hydrogen) atoms. The van der Waals surface area contributed by atoms with Gasteiger partial charge in [-0.25, -0.2) is 0 Å². The molecule has 4 nitrogen and oxygen atoms in total. The molecule has 0 atom stereocenters. The number of benzene rings is 1. The number of anilines is 1. The molecule has 4 heteroatoms. The van der Waals surface area contributed by atoms with E-state index in [0.717, 1.165) is 30.4 Å². The molecule has 0 N–H and O–H groups in total. The molecular formula is C25H32N4. The summed E-state index contributed by atoms with van der Waals surface area (Å²) in [7, 11) is 8.22. The van der Waals surface area contributed by atoms with E-state index in [0.29, 0.717) is 0 Å². The fraction of sp³-hybridized carbons (Fsp3) is 0.320. The van der Waals surface area contributed by atoms with Crippen molar-refractivity contribution in [1.82, 2.24) is 14.3 Å². The minimum atomic E-state index is 0.989. The molecular weight excluding hydrogens is 356 g/mol. The summed E-state index contributed by atoms with van der Waals surface area (Å²) in [6, 6.07) is 11.0. The Hall–Kier alpha value is -3.01. The first-order chi connectivity index (χ1) is 13.9. The Morgan fingerprint density at radius 3 is 2.66 bits per heavy atom. The van der Waals surface area contributed by atoms with Gasteiger partial charge in [-0.05, 0) is 61.2 Å². The fourth-order valence-corrected chi connectivity index (χ4v) is 3.66. The van der Waals surface area contributed by atoms with Crippen LogP contribution in [0.3, 0.4) is 0 Å². The van der Waals surface area contributed by atoms with E-state index in [4.69, 9.17) is 0 Å². The molecule has 0 aliphatic carbocycles. The number of allylic oxidation sites excluding steroid dienone is 1. The highest BCUT2D eigenvalue weighted by molar-refractivity contribution is 5.60. The predicted octanol–water partition coefficient (Wildman–Crippen LogP) is 3.65. The van der Waals surface area contributed by atoms with E-state index in [1.807, 2.05) is 17.9 Å². The zero-order valence-corrected chi connectivity index (χ0v) is 18.3. The molecule has 3 rings (SSSR count). The van der Waals surface area contributed by atoms with E-state index < -0.39 is 0 Å². The van der Waals surface area contributed by atoms with Crippen LogP contribution in [0.5, 0.6) is 0 Å². The Bertz CT molecular complexity index is 1110. The number of aryl methyl sites for hydroxylation is 2. The van der Waals surface area contributed by atoms with E-state index in [9.17, 15) is 0 Å². The van der Waals surface area contributed by atoms with Crippen LogP contribution in [0, 0.1) is 0 Å². The van der Waals surface area contributed by atoms with Gasteiger partial charge in [-0.1, -0.05) is 30.4 Å². The molecule has 0 aliphatic rings. The highest BCUT2D eigenvalue weighted by Crippen LogP contribution is 2.17. The topological polar surface area (TPSA) is 26.0 Å². The van der Waals surface area contributed by atoms with Crippen molar-refractivity contribution in [1.29, 1.82) is 0 Å². The summed E-state index contributed by atoms with van der Waals surface area (Å²) in [6.07, 6.45) is 11.5. The van der Waals surface area contributed by atoms with Gasteiger partial charge in [0.25, 0.3) is 0 Å². The van der Waals surface area contributed by atoms with Crippen molar-refractivity contribution in [3.63, 3.8) is 0 Å². The number of hydrogen-bond donors (Lipinski definition) is 0. The van der Waals surface area contributed by atoms with Crippen molar-refractivity contribution in [2.45, 2.75) is 26.2 Å². The van der Waals surface area contributed by atoms with Crippen LogP contribution in [-0.4, -0.2) is 28.4 Å². The lowest BCUT2D eigenvalue weighted by molar-refractivity contribution is 0.767. The molecule has 0 unspecified atom stereocenters. The highest BCUT2D eigenvalue weighted by Gasteiger charge is 2.07. The molecule has 0 fully saturated rings. The summed E-state index contributed by atoms with van der Waals surface area (Å²) in [5, 5.41) is 6.74. The lowest BCUT2D eigenvalue weighted by Crippen LogP contribution is -2.27. The van der Waals surface area contributed by atoms with Gasteiger partial charge in [0.05, 0.1) is 11.9 Å². The van der Waals surface area contributed by atoms with Gasteiger partial charge >= 0.3 is 0 Å². The Labute approximate surface area is 174 Å². The van der Waals surface area contributed by atoms with Crippen LogP contribution in [0.2, 0.25) is 0 Å². The first-order valence-electron chi connectivity index (χ1n) is 10.2. The van der Waals surface area contributed by atoms with Gasteiger partial charge in [-0.2, -0.15) is 5.10 Å². The van der Waals surface area contributed by atoms with E-state index in [-0.39, 0.29) is 0 Å². The maximum Gasteiger partial charge on any atom is 0.0583 e. The summed E-state index contributed by atoms with van der Waals surface area (Å²) >= 11 is 0. The molecule has 3 aromatic rings. The van der Waals surface area contributed by atoms with Gasteiger partial charge in [0.1, 0.15) is 0 Å². The van der Waals surface area contributed by atoms with Crippen LogP contribution in [0.25, 0.3) is 23.4 Å². The van der Waals surface area contributed by atoms with Crippen molar-refractivity contribution >= 4 is 17.8 Å².